The number of phenols is 1. The molecule has 1 aromatic carbocycles. The van der Waals surface area contributed by atoms with Crippen molar-refractivity contribution in [1.82, 2.24) is 4.90 Å². The van der Waals surface area contributed by atoms with E-state index in [1.54, 1.807) is 6.07 Å². The van der Waals surface area contributed by atoms with E-state index in [2.05, 4.69) is 24.9 Å². The minimum atomic E-state index is 0.384. The minimum Gasteiger partial charge on any atom is -0.508 e. The third-order valence-electron chi connectivity index (χ3n) is 3.73. The Kier molecular flexibility index (Phi) is 3.49. The topological polar surface area (TPSA) is 23.5 Å². The van der Waals surface area contributed by atoms with Crippen LogP contribution in [-0.4, -0.2) is 30.1 Å². The van der Waals surface area contributed by atoms with E-state index in [0.717, 1.165) is 18.3 Å². The Morgan fingerprint density at radius 1 is 1.44 bits per heavy atom. The Labute approximate surface area is 97.9 Å². The molecule has 0 radical (unpaired) electrons. The third-order valence-corrected chi connectivity index (χ3v) is 3.73. The van der Waals surface area contributed by atoms with E-state index in [0.29, 0.717) is 5.75 Å². The normalized spacial score (nSPS) is 26.9. The molecule has 2 unspecified atom stereocenters. The highest BCUT2D eigenvalue weighted by Crippen LogP contribution is 2.26. The molecule has 0 spiro atoms. The van der Waals surface area contributed by atoms with Gasteiger partial charge in [-0.15, -0.1) is 0 Å². The van der Waals surface area contributed by atoms with Crippen molar-refractivity contribution in [2.75, 3.05) is 20.1 Å². The molecule has 1 saturated heterocycles. The molecule has 2 nitrogen and oxygen atoms in total. The van der Waals surface area contributed by atoms with E-state index >= 15 is 0 Å². The zero-order valence-electron chi connectivity index (χ0n) is 10.2. The standard InChI is InChI=1S/C14H21NO/c1-11-6-7-15(2)10-13(11)8-12-4-3-5-14(16)9-12/h3-5,9,11,13,16H,6-8,10H2,1-2H3. The number of hydrogen-bond donors (Lipinski definition) is 1. The van der Waals surface area contributed by atoms with Crippen molar-refractivity contribution in [3.05, 3.63) is 29.8 Å². The molecule has 2 heteroatoms. The Hall–Kier alpha value is -1.02. The smallest absolute Gasteiger partial charge is 0.115 e. The first-order valence-electron chi connectivity index (χ1n) is 6.11. The number of aromatic hydroxyl groups is 1. The molecule has 0 saturated carbocycles. The fourth-order valence-electron chi connectivity index (χ4n) is 2.58. The van der Waals surface area contributed by atoms with Crippen LogP contribution in [0, 0.1) is 11.8 Å². The average molecular weight is 219 g/mol. The quantitative estimate of drug-likeness (QED) is 0.826. The molecule has 88 valence electrons. The zero-order valence-corrected chi connectivity index (χ0v) is 10.2. The highest BCUT2D eigenvalue weighted by molar-refractivity contribution is 5.27. The largest absolute Gasteiger partial charge is 0.508 e. The van der Waals surface area contributed by atoms with Gasteiger partial charge < -0.3 is 10.0 Å². The Morgan fingerprint density at radius 3 is 3.00 bits per heavy atom. The van der Waals surface area contributed by atoms with Gasteiger partial charge in [-0.1, -0.05) is 19.1 Å². The summed E-state index contributed by atoms with van der Waals surface area (Å²) in [5, 5.41) is 9.45. The Bertz CT molecular complexity index is 350. The van der Waals surface area contributed by atoms with Gasteiger partial charge in [0, 0.05) is 6.54 Å². The third kappa shape index (κ3) is 2.76. The van der Waals surface area contributed by atoms with Crippen LogP contribution in [-0.2, 0) is 6.42 Å². The molecule has 1 heterocycles. The number of nitrogens with zero attached hydrogens (tertiary/aromatic N) is 1. The first kappa shape index (κ1) is 11.5. The summed E-state index contributed by atoms with van der Waals surface area (Å²) in [5.74, 6) is 1.90. The van der Waals surface area contributed by atoms with E-state index < -0.39 is 0 Å². The summed E-state index contributed by atoms with van der Waals surface area (Å²) in [6, 6.07) is 7.67. The molecular formula is C14H21NO. The summed E-state index contributed by atoms with van der Waals surface area (Å²) in [5.41, 5.74) is 1.26. The molecule has 1 aliphatic heterocycles. The maximum atomic E-state index is 9.45. The minimum absolute atomic E-state index is 0.384. The van der Waals surface area contributed by atoms with Crippen LogP contribution in [0.4, 0.5) is 0 Å². The molecule has 1 fully saturated rings. The second-order valence-corrected chi connectivity index (χ2v) is 5.16. The second-order valence-electron chi connectivity index (χ2n) is 5.16. The van der Waals surface area contributed by atoms with E-state index in [1.807, 2.05) is 12.1 Å². The van der Waals surface area contributed by atoms with Crippen molar-refractivity contribution < 1.29 is 5.11 Å². The molecule has 0 amide bonds. The molecule has 1 N–H and O–H groups in total. The van der Waals surface area contributed by atoms with Crippen molar-refractivity contribution in [1.29, 1.82) is 0 Å². The summed E-state index contributed by atoms with van der Waals surface area (Å²) in [4.78, 5) is 2.41. The molecule has 0 aromatic heterocycles. The van der Waals surface area contributed by atoms with Gasteiger partial charge in [0.1, 0.15) is 5.75 Å². The molecule has 16 heavy (non-hydrogen) atoms. The average Bonchev–Trinajstić information content (AvgIpc) is 2.24. The lowest BCUT2D eigenvalue weighted by Crippen LogP contribution is -2.37. The van der Waals surface area contributed by atoms with Gasteiger partial charge >= 0.3 is 0 Å². The highest BCUT2D eigenvalue weighted by atomic mass is 16.3. The van der Waals surface area contributed by atoms with Gasteiger partial charge in [0.25, 0.3) is 0 Å². The van der Waals surface area contributed by atoms with Crippen LogP contribution in [0.15, 0.2) is 24.3 Å². The van der Waals surface area contributed by atoms with Crippen molar-refractivity contribution in [2.24, 2.45) is 11.8 Å². The van der Waals surface area contributed by atoms with E-state index in [4.69, 9.17) is 0 Å². The molecular weight excluding hydrogens is 198 g/mol. The van der Waals surface area contributed by atoms with Gasteiger partial charge in [-0.05, 0) is 56.0 Å². The van der Waals surface area contributed by atoms with Crippen LogP contribution in [0.25, 0.3) is 0 Å². The van der Waals surface area contributed by atoms with Gasteiger partial charge in [-0.2, -0.15) is 0 Å². The van der Waals surface area contributed by atoms with Crippen LogP contribution in [0.2, 0.25) is 0 Å². The number of likely N-dealkylation sites (tertiary alicyclic amines) is 1. The summed E-state index contributed by atoms with van der Waals surface area (Å²) in [6.07, 6.45) is 2.37. The second kappa shape index (κ2) is 4.88. The van der Waals surface area contributed by atoms with Gasteiger partial charge in [-0.3, -0.25) is 0 Å². The lowest BCUT2D eigenvalue weighted by molar-refractivity contribution is 0.153. The molecule has 2 atom stereocenters. The fraction of sp³-hybridized carbons (Fsp3) is 0.571. The number of rotatable bonds is 2. The molecule has 0 bridgehead atoms. The highest BCUT2D eigenvalue weighted by Gasteiger charge is 2.24. The van der Waals surface area contributed by atoms with E-state index in [-0.39, 0.29) is 0 Å². The lowest BCUT2D eigenvalue weighted by atomic mass is 9.83. The van der Waals surface area contributed by atoms with Gasteiger partial charge in [0.15, 0.2) is 0 Å². The lowest BCUT2D eigenvalue weighted by Gasteiger charge is -2.35. The fourth-order valence-corrected chi connectivity index (χ4v) is 2.58. The predicted octanol–water partition coefficient (Wildman–Crippen LogP) is 2.52. The van der Waals surface area contributed by atoms with Crippen molar-refractivity contribution >= 4 is 0 Å². The number of hydrogen-bond acceptors (Lipinski definition) is 2. The van der Waals surface area contributed by atoms with Crippen LogP contribution in [0.1, 0.15) is 18.9 Å². The molecule has 1 aliphatic rings. The molecule has 1 aromatic rings. The van der Waals surface area contributed by atoms with Crippen LogP contribution in [0.3, 0.4) is 0 Å². The molecule has 2 rings (SSSR count). The van der Waals surface area contributed by atoms with Crippen molar-refractivity contribution in [2.45, 2.75) is 19.8 Å². The van der Waals surface area contributed by atoms with Gasteiger partial charge in [0.05, 0.1) is 0 Å². The van der Waals surface area contributed by atoms with E-state index in [1.165, 1.54) is 25.1 Å². The van der Waals surface area contributed by atoms with Crippen LogP contribution in [0.5, 0.6) is 5.75 Å². The van der Waals surface area contributed by atoms with Crippen molar-refractivity contribution in [3.8, 4) is 5.75 Å². The summed E-state index contributed by atoms with van der Waals surface area (Å²) < 4.78 is 0. The van der Waals surface area contributed by atoms with Crippen LogP contribution < -0.4 is 0 Å². The first-order chi connectivity index (χ1) is 7.65. The van der Waals surface area contributed by atoms with E-state index in [9.17, 15) is 5.11 Å². The Morgan fingerprint density at radius 2 is 2.25 bits per heavy atom. The summed E-state index contributed by atoms with van der Waals surface area (Å²) in [7, 11) is 2.20. The van der Waals surface area contributed by atoms with Crippen LogP contribution >= 0.6 is 0 Å². The zero-order chi connectivity index (χ0) is 11.5. The maximum absolute atomic E-state index is 9.45. The number of piperidine rings is 1. The maximum Gasteiger partial charge on any atom is 0.115 e. The van der Waals surface area contributed by atoms with Gasteiger partial charge in [-0.25, -0.2) is 0 Å². The Balaban J connectivity index is 2.02. The SMILES string of the molecule is CC1CCN(C)CC1Cc1cccc(O)c1. The van der Waals surface area contributed by atoms with Crippen molar-refractivity contribution in [3.63, 3.8) is 0 Å². The van der Waals surface area contributed by atoms with Gasteiger partial charge in [0.2, 0.25) is 0 Å². The number of phenolic OH excluding ortho intramolecular Hbond substituents is 1. The first-order valence-corrected chi connectivity index (χ1v) is 6.11. The monoisotopic (exact) mass is 219 g/mol. The predicted molar refractivity (Wildman–Crippen MR) is 66.6 cm³/mol. The summed E-state index contributed by atoms with van der Waals surface area (Å²) in [6.45, 7) is 4.75. The number of benzene rings is 1. The summed E-state index contributed by atoms with van der Waals surface area (Å²) >= 11 is 0. The molecule has 0 aliphatic carbocycles.